The van der Waals surface area contributed by atoms with E-state index in [1.165, 1.54) is 0 Å². The van der Waals surface area contributed by atoms with E-state index in [4.69, 9.17) is 11.6 Å². The van der Waals surface area contributed by atoms with Crippen molar-refractivity contribution in [3.05, 3.63) is 0 Å². The number of halogens is 4. The molecule has 1 amide bonds. The first-order valence-corrected chi connectivity index (χ1v) is 7.77. The Morgan fingerprint density at radius 2 is 1.75 bits per heavy atom. The van der Waals surface area contributed by atoms with Crippen molar-refractivity contribution >= 4 is 17.5 Å². The summed E-state index contributed by atoms with van der Waals surface area (Å²) in [5, 5.41) is 2.78. The van der Waals surface area contributed by atoms with Crippen LogP contribution < -0.4 is 5.32 Å². The Bertz CT molecular complexity index is 321. The zero-order valence-corrected chi connectivity index (χ0v) is 12.8. The molecule has 20 heavy (non-hydrogen) atoms. The van der Waals surface area contributed by atoms with Gasteiger partial charge in [0.2, 0.25) is 5.91 Å². The number of hydrogen-bond donors (Lipinski definition) is 1. The van der Waals surface area contributed by atoms with Gasteiger partial charge in [0.1, 0.15) is 0 Å². The molecular formula is C14H23ClF3NO. The molecule has 0 bridgehead atoms. The van der Waals surface area contributed by atoms with Crippen molar-refractivity contribution in [1.29, 1.82) is 0 Å². The standard InChI is InChI=1S/C14H23ClF3NO/c1-3-13(4-2,9-15)19-12(20)10-7-5-6-8-11(10)14(16,17)18/h10-11H,3-9H2,1-2H3,(H,19,20). The molecule has 0 aromatic heterocycles. The zero-order valence-electron chi connectivity index (χ0n) is 12.0. The summed E-state index contributed by atoms with van der Waals surface area (Å²) >= 11 is 5.90. The number of carbonyl (C=O) groups excluding carboxylic acids is 1. The van der Waals surface area contributed by atoms with Gasteiger partial charge < -0.3 is 5.32 Å². The van der Waals surface area contributed by atoms with E-state index in [-0.39, 0.29) is 12.3 Å². The van der Waals surface area contributed by atoms with Gasteiger partial charge in [-0.25, -0.2) is 0 Å². The molecule has 1 saturated carbocycles. The van der Waals surface area contributed by atoms with Crippen molar-refractivity contribution in [3.63, 3.8) is 0 Å². The minimum atomic E-state index is -4.30. The monoisotopic (exact) mass is 313 g/mol. The van der Waals surface area contributed by atoms with Gasteiger partial charge in [0.25, 0.3) is 0 Å². The summed E-state index contributed by atoms with van der Waals surface area (Å²) in [6, 6.07) is 0. The molecule has 0 spiro atoms. The van der Waals surface area contributed by atoms with Crippen molar-refractivity contribution in [1.82, 2.24) is 5.32 Å². The maximum absolute atomic E-state index is 13.0. The van der Waals surface area contributed by atoms with Crippen LogP contribution in [0.1, 0.15) is 52.4 Å². The van der Waals surface area contributed by atoms with Crippen molar-refractivity contribution in [2.45, 2.75) is 64.1 Å². The first-order valence-electron chi connectivity index (χ1n) is 7.24. The topological polar surface area (TPSA) is 29.1 Å². The minimum absolute atomic E-state index is 0.0493. The maximum Gasteiger partial charge on any atom is 0.392 e. The minimum Gasteiger partial charge on any atom is -0.349 e. The molecule has 6 heteroatoms. The average Bonchev–Trinajstić information content (AvgIpc) is 2.44. The fourth-order valence-electron chi connectivity index (χ4n) is 2.84. The van der Waals surface area contributed by atoms with Crippen LogP contribution in [-0.4, -0.2) is 23.5 Å². The van der Waals surface area contributed by atoms with Crippen LogP contribution >= 0.6 is 11.6 Å². The third-order valence-electron chi connectivity index (χ3n) is 4.52. The van der Waals surface area contributed by atoms with Crippen LogP contribution in [0.2, 0.25) is 0 Å². The van der Waals surface area contributed by atoms with E-state index >= 15 is 0 Å². The lowest BCUT2D eigenvalue weighted by molar-refractivity contribution is -0.198. The highest BCUT2D eigenvalue weighted by Crippen LogP contribution is 2.41. The van der Waals surface area contributed by atoms with E-state index < -0.39 is 29.5 Å². The lowest BCUT2D eigenvalue weighted by Gasteiger charge is -2.37. The molecule has 1 aliphatic rings. The molecule has 2 unspecified atom stereocenters. The summed E-state index contributed by atoms with van der Waals surface area (Å²) in [7, 11) is 0. The Morgan fingerprint density at radius 1 is 1.20 bits per heavy atom. The average molecular weight is 314 g/mol. The molecule has 0 aliphatic heterocycles. The highest BCUT2D eigenvalue weighted by molar-refractivity contribution is 6.18. The second-order valence-electron chi connectivity index (χ2n) is 5.65. The Labute approximate surface area is 123 Å². The Morgan fingerprint density at radius 3 is 2.20 bits per heavy atom. The summed E-state index contributed by atoms with van der Waals surface area (Å²) in [5.41, 5.74) is -0.591. The van der Waals surface area contributed by atoms with Crippen molar-refractivity contribution in [2.24, 2.45) is 11.8 Å². The molecular weight excluding hydrogens is 291 g/mol. The summed E-state index contributed by atoms with van der Waals surface area (Å²) < 4.78 is 39.1. The van der Waals surface area contributed by atoms with Crippen molar-refractivity contribution in [2.75, 3.05) is 5.88 Å². The molecule has 0 aromatic rings. The molecule has 1 fully saturated rings. The largest absolute Gasteiger partial charge is 0.392 e. The Kier molecular flexibility index (Phi) is 6.17. The smallest absolute Gasteiger partial charge is 0.349 e. The van der Waals surface area contributed by atoms with Crippen molar-refractivity contribution in [3.8, 4) is 0 Å². The molecule has 0 saturated heterocycles. The SMILES string of the molecule is CCC(CC)(CCl)NC(=O)C1CCCCC1C(F)(F)F. The number of amides is 1. The normalized spacial score (nSPS) is 24.5. The van der Waals surface area contributed by atoms with Crippen LogP contribution in [-0.2, 0) is 4.79 Å². The van der Waals surface area contributed by atoms with Gasteiger partial charge in [-0.2, -0.15) is 13.2 Å². The lowest BCUT2D eigenvalue weighted by atomic mass is 9.77. The highest BCUT2D eigenvalue weighted by atomic mass is 35.5. The van der Waals surface area contributed by atoms with Crippen molar-refractivity contribution < 1.29 is 18.0 Å². The second-order valence-corrected chi connectivity index (χ2v) is 5.92. The fourth-order valence-corrected chi connectivity index (χ4v) is 3.28. The Hall–Kier alpha value is -0.450. The summed E-state index contributed by atoms with van der Waals surface area (Å²) in [6.07, 6.45) is -1.50. The molecule has 0 radical (unpaired) electrons. The number of nitrogens with one attached hydrogen (secondary N) is 1. The van der Waals surface area contributed by atoms with Gasteiger partial charge in [0.15, 0.2) is 0 Å². The molecule has 2 atom stereocenters. The van der Waals surface area contributed by atoms with Crippen LogP contribution in [0.15, 0.2) is 0 Å². The van der Waals surface area contributed by atoms with Crippen LogP contribution in [0.4, 0.5) is 13.2 Å². The molecule has 1 rings (SSSR count). The van der Waals surface area contributed by atoms with E-state index in [2.05, 4.69) is 5.32 Å². The number of hydrogen-bond acceptors (Lipinski definition) is 1. The quantitative estimate of drug-likeness (QED) is 0.755. The highest BCUT2D eigenvalue weighted by Gasteiger charge is 2.48. The van der Waals surface area contributed by atoms with Crippen LogP contribution in [0.25, 0.3) is 0 Å². The van der Waals surface area contributed by atoms with E-state index in [1.54, 1.807) is 0 Å². The lowest BCUT2D eigenvalue weighted by Crippen LogP contribution is -2.53. The van der Waals surface area contributed by atoms with Gasteiger partial charge in [0, 0.05) is 11.8 Å². The molecule has 118 valence electrons. The predicted octanol–water partition coefficient (Wildman–Crippen LogP) is 4.27. The van der Waals surface area contributed by atoms with Gasteiger partial charge in [-0.3, -0.25) is 4.79 Å². The second kappa shape index (κ2) is 7.01. The van der Waals surface area contributed by atoms with Gasteiger partial charge in [-0.1, -0.05) is 26.7 Å². The first kappa shape index (κ1) is 17.6. The van der Waals surface area contributed by atoms with E-state index in [1.807, 2.05) is 13.8 Å². The van der Waals surface area contributed by atoms with E-state index in [9.17, 15) is 18.0 Å². The van der Waals surface area contributed by atoms with Crippen LogP contribution in [0.3, 0.4) is 0 Å². The third kappa shape index (κ3) is 4.03. The van der Waals surface area contributed by atoms with Crippen LogP contribution in [0.5, 0.6) is 0 Å². The van der Waals surface area contributed by atoms with E-state index in [0.717, 1.165) is 0 Å². The molecule has 0 aromatic carbocycles. The number of alkyl halides is 4. The predicted molar refractivity (Wildman–Crippen MR) is 73.7 cm³/mol. The van der Waals surface area contributed by atoms with Gasteiger partial charge in [-0.05, 0) is 25.7 Å². The first-order chi connectivity index (χ1) is 9.29. The van der Waals surface area contributed by atoms with Gasteiger partial charge >= 0.3 is 6.18 Å². The molecule has 1 N–H and O–H groups in total. The summed E-state index contributed by atoms with van der Waals surface area (Å²) in [5.74, 6) is -2.76. The van der Waals surface area contributed by atoms with Gasteiger partial charge in [0.05, 0.1) is 11.5 Å². The zero-order chi connectivity index (χ0) is 15.4. The van der Waals surface area contributed by atoms with Crippen LogP contribution in [0, 0.1) is 11.8 Å². The third-order valence-corrected chi connectivity index (χ3v) is 5.03. The summed E-state index contributed by atoms with van der Waals surface area (Å²) in [4.78, 5) is 12.3. The van der Waals surface area contributed by atoms with Gasteiger partial charge in [-0.15, -0.1) is 11.6 Å². The number of rotatable bonds is 5. The molecule has 1 aliphatic carbocycles. The Balaban J connectivity index is 2.83. The molecule has 2 nitrogen and oxygen atoms in total. The summed E-state index contributed by atoms with van der Waals surface area (Å²) in [6.45, 7) is 3.77. The van der Waals surface area contributed by atoms with E-state index in [0.29, 0.717) is 32.1 Å². The number of carbonyl (C=O) groups is 1. The molecule has 0 heterocycles. The fraction of sp³-hybridized carbons (Fsp3) is 0.929. The maximum atomic E-state index is 13.0.